The van der Waals surface area contributed by atoms with Gasteiger partial charge < -0.3 is 5.32 Å². The fourth-order valence-electron chi connectivity index (χ4n) is 3.01. The number of thioether (sulfide) groups is 1. The van der Waals surface area contributed by atoms with E-state index in [1.165, 1.54) is 0 Å². The van der Waals surface area contributed by atoms with Crippen LogP contribution in [0.1, 0.15) is 31.9 Å². The van der Waals surface area contributed by atoms with Gasteiger partial charge in [0.15, 0.2) is 0 Å². The molecule has 2 aromatic carbocycles. The first kappa shape index (κ1) is 18.5. The number of rotatable bonds is 7. The van der Waals surface area contributed by atoms with Crippen molar-refractivity contribution < 1.29 is 4.79 Å². The third-order valence-corrected chi connectivity index (χ3v) is 5.29. The summed E-state index contributed by atoms with van der Waals surface area (Å²) in [6, 6.07) is 20.3. The van der Waals surface area contributed by atoms with Crippen LogP contribution >= 0.6 is 11.8 Å². The van der Waals surface area contributed by atoms with Crippen LogP contribution in [0.2, 0.25) is 0 Å². The highest BCUT2D eigenvalue weighted by Crippen LogP contribution is 2.27. The molecule has 0 spiro atoms. The smallest absolute Gasteiger partial charge is 0.230 e. The standard InChI is InChI=1S/C22H24N2OS/c1-16(2)14-20(17-8-4-3-5-9-17)24-22(25)15-26-21-12-13-23-19-11-7-6-10-18(19)21/h3-13,16,20H,14-15H2,1-2H3,(H,24,25). The number of hydrogen-bond acceptors (Lipinski definition) is 3. The molecule has 26 heavy (non-hydrogen) atoms. The monoisotopic (exact) mass is 364 g/mol. The Labute approximate surface area is 159 Å². The van der Waals surface area contributed by atoms with E-state index in [0.717, 1.165) is 27.8 Å². The molecule has 0 fully saturated rings. The van der Waals surface area contributed by atoms with Crippen LogP contribution in [0, 0.1) is 5.92 Å². The molecule has 1 N–H and O–H groups in total. The van der Waals surface area contributed by atoms with Gasteiger partial charge in [0.1, 0.15) is 0 Å². The molecule has 1 amide bonds. The molecule has 0 bridgehead atoms. The molecule has 3 aromatic rings. The van der Waals surface area contributed by atoms with E-state index in [1.807, 2.05) is 48.5 Å². The third-order valence-electron chi connectivity index (χ3n) is 4.21. The average molecular weight is 365 g/mol. The minimum Gasteiger partial charge on any atom is -0.349 e. The first-order valence-corrected chi connectivity index (χ1v) is 9.93. The number of nitrogens with zero attached hydrogens (tertiary/aromatic N) is 1. The second kappa shape index (κ2) is 8.86. The lowest BCUT2D eigenvalue weighted by atomic mass is 9.97. The number of aromatic nitrogens is 1. The maximum absolute atomic E-state index is 12.6. The molecule has 3 rings (SSSR count). The van der Waals surface area contributed by atoms with Crippen LogP contribution in [-0.2, 0) is 4.79 Å². The first-order valence-electron chi connectivity index (χ1n) is 8.94. The largest absolute Gasteiger partial charge is 0.349 e. The van der Waals surface area contributed by atoms with E-state index in [2.05, 4.69) is 36.3 Å². The average Bonchev–Trinajstić information content (AvgIpc) is 2.66. The molecule has 0 saturated heterocycles. The van der Waals surface area contributed by atoms with Crippen LogP contribution in [0.15, 0.2) is 71.8 Å². The van der Waals surface area contributed by atoms with Crippen molar-refractivity contribution in [2.45, 2.75) is 31.2 Å². The quantitative estimate of drug-likeness (QED) is 0.584. The third kappa shape index (κ3) is 4.85. The summed E-state index contributed by atoms with van der Waals surface area (Å²) in [5, 5.41) is 4.30. The van der Waals surface area contributed by atoms with E-state index >= 15 is 0 Å². The van der Waals surface area contributed by atoms with E-state index in [9.17, 15) is 4.79 Å². The number of hydrogen-bond donors (Lipinski definition) is 1. The number of nitrogens with one attached hydrogen (secondary N) is 1. The molecule has 0 saturated carbocycles. The lowest BCUT2D eigenvalue weighted by Gasteiger charge is -2.21. The summed E-state index contributed by atoms with van der Waals surface area (Å²) in [6.45, 7) is 4.36. The zero-order valence-corrected chi connectivity index (χ0v) is 16.0. The number of fused-ring (bicyclic) bond motifs is 1. The van der Waals surface area contributed by atoms with E-state index in [-0.39, 0.29) is 11.9 Å². The highest BCUT2D eigenvalue weighted by Gasteiger charge is 2.16. The SMILES string of the molecule is CC(C)CC(NC(=O)CSc1ccnc2ccccc12)c1ccccc1. The van der Waals surface area contributed by atoms with Gasteiger partial charge in [-0.15, -0.1) is 11.8 Å². The second-order valence-corrected chi connectivity index (χ2v) is 7.79. The van der Waals surface area contributed by atoms with Crippen molar-refractivity contribution in [3.8, 4) is 0 Å². The van der Waals surface area contributed by atoms with Crippen molar-refractivity contribution in [1.82, 2.24) is 10.3 Å². The maximum Gasteiger partial charge on any atom is 0.230 e. The molecule has 134 valence electrons. The Kier molecular flexibility index (Phi) is 6.29. The van der Waals surface area contributed by atoms with Gasteiger partial charge in [0, 0.05) is 16.5 Å². The Morgan fingerprint density at radius 2 is 1.77 bits per heavy atom. The number of para-hydroxylation sites is 1. The zero-order chi connectivity index (χ0) is 18.4. The summed E-state index contributed by atoms with van der Waals surface area (Å²) in [5.41, 5.74) is 2.12. The molecule has 3 nitrogen and oxygen atoms in total. The normalized spacial score (nSPS) is 12.3. The van der Waals surface area contributed by atoms with Crippen LogP contribution in [0.4, 0.5) is 0 Å². The van der Waals surface area contributed by atoms with Gasteiger partial charge in [0.05, 0.1) is 17.3 Å². The van der Waals surface area contributed by atoms with Crippen molar-refractivity contribution in [2.75, 3.05) is 5.75 Å². The van der Waals surface area contributed by atoms with Gasteiger partial charge in [-0.25, -0.2) is 0 Å². The van der Waals surface area contributed by atoms with Crippen LogP contribution in [0.25, 0.3) is 10.9 Å². The van der Waals surface area contributed by atoms with E-state index < -0.39 is 0 Å². The van der Waals surface area contributed by atoms with Gasteiger partial charge >= 0.3 is 0 Å². The van der Waals surface area contributed by atoms with Crippen molar-refractivity contribution >= 4 is 28.6 Å². The second-order valence-electron chi connectivity index (χ2n) is 6.78. The minimum atomic E-state index is 0.0542. The van der Waals surface area contributed by atoms with Gasteiger partial charge in [0.25, 0.3) is 0 Å². The van der Waals surface area contributed by atoms with Gasteiger partial charge in [-0.1, -0.05) is 62.4 Å². The summed E-state index contributed by atoms with van der Waals surface area (Å²) >= 11 is 1.56. The van der Waals surface area contributed by atoms with E-state index in [0.29, 0.717) is 11.7 Å². The number of amides is 1. The summed E-state index contributed by atoms with van der Waals surface area (Å²) in [4.78, 5) is 18.0. The minimum absolute atomic E-state index is 0.0542. The number of benzene rings is 2. The topological polar surface area (TPSA) is 42.0 Å². The van der Waals surface area contributed by atoms with E-state index in [4.69, 9.17) is 0 Å². The van der Waals surface area contributed by atoms with Gasteiger partial charge in [-0.05, 0) is 30.0 Å². The summed E-state index contributed by atoms with van der Waals surface area (Å²) in [5.74, 6) is 0.970. The highest BCUT2D eigenvalue weighted by atomic mass is 32.2. The molecule has 1 atom stereocenters. The van der Waals surface area contributed by atoms with Crippen molar-refractivity contribution in [3.05, 3.63) is 72.4 Å². The molecule has 1 aromatic heterocycles. The Morgan fingerprint density at radius 1 is 1.04 bits per heavy atom. The Balaban J connectivity index is 1.66. The molecule has 0 aliphatic carbocycles. The maximum atomic E-state index is 12.6. The predicted molar refractivity (Wildman–Crippen MR) is 109 cm³/mol. The number of carbonyl (C=O) groups is 1. The fourth-order valence-corrected chi connectivity index (χ4v) is 3.86. The number of pyridine rings is 1. The fraction of sp³-hybridized carbons (Fsp3) is 0.273. The van der Waals surface area contributed by atoms with Gasteiger partial charge in [-0.3, -0.25) is 9.78 Å². The molecular weight excluding hydrogens is 340 g/mol. The Hall–Kier alpha value is -2.33. The predicted octanol–water partition coefficient (Wildman–Crippen LogP) is 5.23. The van der Waals surface area contributed by atoms with Gasteiger partial charge in [0.2, 0.25) is 5.91 Å². The molecule has 0 aliphatic heterocycles. The lowest BCUT2D eigenvalue weighted by Crippen LogP contribution is -2.30. The zero-order valence-electron chi connectivity index (χ0n) is 15.2. The molecule has 1 unspecified atom stereocenters. The van der Waals surface area contributed by atoms with E-state index in [1.54, 1.807) is 18.0 Å². The number of carbonyl (C=O) groups excluding carboxylic acids is 1. The molecular formula is C22H24N2OS. The summed E-state index contributed by atoms with van der Waals surface area (Å²) in [7, 11) is 0. The highest BCUT2D eigenvalue weighted by molar-refractivity contribution is 8.00. The Morgan fingerprint density at radius 3 is 2.54 bits per heavy atom. The van der Waals surface area contributed by atoms with Crippen LogP contribution in [0.3, 0.4) is 0 Å². The first-order chi connectivity index (χ1) is 12.6. The van der Waals surface area contributed by atoms with Crippen LogP contribution < -0.4 is 5.32 Å². The Bertz CT molecular complexity index is 859. The van der Waals surface area contributed by atoms with Crippen molar-refractivity contribution in [1.29, 1.82) is 0 Å². The summed E-state index contributed by atoms with van der Waals surface area (Å²) < 4.78 is 0. The summed E-state index contributed by atoms with van der Waals surface area (Å²) in [6.07, 6.45) is 2.73. The molecule has 4 heteroatoms. The molecule has 0 aliphatic rings. The van der Waals surface area contributed by atoms with Crippen molar-refractivity contribution in [2.24, 2.45) is 5.92 Å². The molecule has 1 heterocycles. The van der Waals surface area contributed by atoms with Crippen molar-refractivity contribution in [3.63, 3.8) is 0 Å². The molecule has 0 radical (unpaired) electrons. The lowest BCUT2D eigenvalue weighted by molar-refractivity contribution is -0.119. The van der Waals surface area contributed by atoms with Gasteiger partial charge in [-0.2, -0.15) is 0 Å². The van der Waals surface area contributed by atoms with Crippen LogP contribution in [0.5, 0.6) is 0 Å². The van der Waals surface area contributed by atoms with Crippen LogP contribution in [-0.4, -0.2) is 16.6 Å².